The number of aromatic nitrogens is 2. The first-order valence-corrected chi connectivity index (χ1v) is 4.86. The Balaban J connectivity index is 2.44. The van der Waals surface area contributed by atoms with Crippen molar-refractivity contribution in [2.24, 2.45) is 0 Å². The zero-order valence-corrected chi connectivity index (χ0v) is 8.81. The van der Waals surface area contributed by atoms with Gasteiger partial charge in [-0.25, -0.2) is 9.97 Å². The van der Waals surface area contributed by atoms with Crippen LogP contribution in [-0.2, 0) is 0 Å². The molecule has 15 heavy (non-hydrogen) atoms. The molecule has 0 unspecified atom stereocenters. The molecule has 1 aromatic heterocycles. The van der Waals surface area contributed by atoms with Crippen LogP contribution >= 0.6 is 11.6 Å². The zero-order chi connectivity index (χ0) is 11.0. The number of nitro groups is 1. The molecule has 1 aliphatic carbocycles. The van der Waals surface area contributed by atoms with Gasteiger partial charge in [0.05, 0.1) is 4.92 Å². The minimum absolute atomic E-state index is 0.113. The van der Waals surface area contributed by atoms with E-state index in [9.17, 15) is 10.1 Å². The van der Waals surface area contributed by atoms with Crippen LogP contribution < -0.4 is 4.90 Å². The predicted molar refractivity (Wildman–Crippen MR) is 55.1 cm³/mol. The van der Waals surface area contributed by atoms with Crippen LogP contribution in [0.4, 0.5) is 11.5 Å². The minimum atomic E-state index is -0.545. The van der Waals surface area contributed by atoms with Gasteiger partial charge in [0, 0.05) is 13.1 Å². The van der Waals surface area contributed by atoms with E-state index in [0.29, 0.717) is 11.9 Å². The highest BCUT2D eigenvalue weighted by Crippen LogP contribution is 2.36. The van der Waals surface area contributed by atoms with Crippen molar-refractivity contribution in [3.63, 3.8) is 0 Å². The molecule has 1 aliphatic rings. The van der Waals surface area contributed by atoms with Gasteiger partial charge >= 0.3 is 5.69 Å². The summed E-state index contributed by atoms with van der Waals surface area (Å²) in [5, 5.41) is 10.7. The summed E-state index contributed by atoms with van der Waals surface area (Å²) in [6.07, 6.45) is 3.31. The SMILES string of the molecule is CN(c1ncnc(Cl)c1[N+](=O)[O-])C1CC1. The molecule has 0 bridgehead atoms. The van der Waals surface area contributed by atoms with Crippen molar-refractivity contribution in [3.05, 3.63) is 21.6 Å². The van der Waals surface area contributed by atoms with Crippen LogP contribution in [0.5, 0.6) is 0 Å². The summed E-state index contributed by atoms with van der Waals surface area (Å²) in [6.45, 7) is 0. The third-order valence-electron chi connectivity index (χ3n) is 2.37. The van der Waals surface area contributed by atoms with E-state index in [1.165, 1.54) is 6.33 Å². The third-order valence-corrected chi connectivity index (χ3v) is 2.65. The molecule has 0 spiro atoms. The van der Waals surface area contributed by atoms with E-state index in [1.807, 2.05) is 0 Å². The lowest BCUT2D eigenvalue weighted by atomic mass is 10.4. The van der Waals surface area contributed by atoms with Crippen molar-refractivity contribution in [1.82, 2.24) is 9.97 Å². The molecule has 0 aliphatic heterocycles. The zero-order valence-electron chi connectivity index (χ0n) is 8.05. The number of halogens is 1. The molecule has 1 heterocycles. The maximum Gasteiger partial charge on any atom is 0.348 e. The van der Waals surface area contributed by atoms with Crippen LogP contribution in [0.3, 0.4) is 0 Å². The first-order valence-electron chi connectivity index (χ1n) is 4.49. The highest BCUT2D eigenvalue weighted by molar-refractivity contribution is 6.31. The van der Waals surface area contributed by atoms with Gasteiger partial charge in [0.15, 0.2) is 0 Å². The summed E-state index contributed by atoms with van der Waals surface area (Å²) < 4.78 is 0. The number of hydrogen-bond donors (Lipinski definition) is 0. The van der Waals surface area contributed by atoms with E-state index < -0.39 is 4.92 Å². The van der Waals surface area contributed by atoms with Gasteiger partial charge < -0.3 is 4.90 Å². The molecule has 0 atom stereocenters. The average Bonchev–Trinajstić information content (AvgIpc) is 2.98. The Morgan fingerprint density at radius 3 is 2.80 bits per heavy atom. The molecule has 0 aromatic carbocycles. The van der Waals surface area contributed by atoms with Crippen molar-refractivity contribution in [3.8, 4) is 0 Å². The lowest BCUT2D eigenvalue weighted by molar-refractivity contribution is -0.384. The van der Waals surface area contributed by atoms with Gasteiger partial charge in [-0.3, -0.25) is 10.1 Å². The number of anilines is 1. The Kier molecular flexibility index (Phi) is 2.44. The van der Waals surface area contributed by atoms with E-state index in [-0.39, 0.29) is 10.8 Å². The summed E-state index contributed by atoms with van der Waals surface area (Å²) in [5.74, 6) is 0.294. The normalized spacial score (nSPS) is 15.1. The Morgan fingerprint density at radius 2 is 2.27 bits per heavy atom. The lowest BCUT2D eigenvalue weighted by Crippen LogP contribution is -2.22. The monoisotopic (exact) mass is 228 g/mol. The first kappa shape index (κ1) is 10.1. The highest BCUT2D eigenvalue weighted by Gasteiger charge is 2.33. The topological polar surface area (TPSA) is 72.2 Å². The highest BCUT2D eigenvalue weighted by atomic mass is 35.5. The van der Waals surface area contributed by atoms with Crippen LogP contribution in [0.25, 0.3) is 0 Å². The Morgan fingerprint density at radius 1 is 1.60 bits per heavy atom. The number of nitrogens with zero attached hydrogens (tertiary/aromatic N) is 4. The molecule has 6 nitrogen and oxygen atoms in total. The minimum Gasteiger partial charge on any atom is -0.351 e. The quantitative estimate of drug-likeness (QED) is 0.447. The van der Waals surface area contributed by atoms with Gasteiger partial charge in [-0.2, -0.15) is 0 Å². The molecular weight excluding hydrogens is 220 g/mol. The second-order valence-electron chi connectivity index (χ2n) is 3.44. The molecule has 0 N–H and O–H groups in total. The Hall–Kier alpha value is -1.43. The smallest absolute Gasteiger partial charge is 0.348 e. The molecule has 7 heteroatoms. The maximum absolute atomic E-state index is 10.8. The summed E-state index contributed by atoms with van der Waals surface area (Å²) in [5.41, 5.74) is -0.214. The fourth-order valence-corrected chi connectivity index (χ4v) is 1.60. The average molecular weight is 229 g/mol. The van der Waals surface area contributed by atoms with Crippen LogP contribution in [0, 0.1) is 10.1 Å². The Labute approximate surface area is 91.0 Å². The van der Waals surface area contributed by atoms with Crippen LogP contribution in [0.15, 0.2) is 6.33 Å². The first-order chi connectivity index (χ1) is 7.11. The van der Waals surface area contributed by atoms with Crippen molar-refractivity contribution in [1.29, 1.82) is 0 Å². The van der Waals surface area contributed by atoms with Gasteiger partial charge in [-0.05, 0) is 12.8 Å². The van der Waals surface area contributed by atoms with E-state index in [4.69, 9.17) is 11.6 Å². The summed E-state index contributed by atoms with van der Waals surface area (Å²) in [6, 6.07) is 0.342. The van der Waals surface area contributed by atoms with Crippen molar-refractivity contribution in [2.75, 3.05) is 11.9 Å². The third kappa shape index (κ3) is 1.85. The number of hydrogen-bond acceptors (Lipinski definition) is 5. The van der Waals surface area contributed by atoms with E-state index in [1.54, 1.807) is 11.9 Å². The fourth-order valence-electron chi connectivity index (χ4n) is 1.40. The van der Waals surface area contributed by atoms with Gasteiger partial charge in [0.2, 0.25) is 11.0 Å². The lowest BCUT2D eigenvalue weighted by Gasteiger charge is -2.16. The van der Waals surface area contributed by atoms with E-state index in [0.717, 1.165) is 12.8 Å². The standard InChI is InChI=1S/C8H9ClN4O2/c1-12(5-2-3-5)8-6(13(14)15)7(9)10-4-11-8/h4-5H,2-3H2,1H3. The van der Waals surface area contributed by atoms with Crippen molar-refractivity contribution < 1.29 is 4.92 Å². The summed E-state index contributed by atoms with van der Waals surface area (Å²) >= 11 is 5.67. The van der Waals surface area contributed by atoms with Gasteiger partial charge in [0.1, 0.15) is 6.33 Å². The molecule has 0 saturated heterocycles. The van der Waals surface area contributed by atoms with Crippen LogP contribution in [-0.4, -0.2) is 28.0 Å². The van der Waals surface area contributed by atoms with Gasteiger partial charge in [-0.1, -0.05) is 11.6 Å². The molecule has 0 radical (unpaired) electrons. The molecular formula is C8H9ClN4O2. The van der Waals surface area contributed by atoms with Gasteiger partial charge in [-0.15, -0.1) is 0 Å². The molecule has 1 saturated carbocycles. The van der Waals surface area contributed by atoms with Crippen molar-refractivity contribution in [2.45, 2.75) is 18.9 Å². The molecule has 2 rings (SSSR count). The maximum atomic E-state index is 10.8. The Bertz CT molecular complexity index is 408. The summed E-state index contributed by atoms with van der Waals surface area (Å²) in [7, 11) is 1.78. The van der Waals surface area contributed by atoms with E-state index in [2.05, 4.69) is 9.97 Å². The molecule has 80 valence electrons. The van der Waals surface area contributed by atoms with Crippen molar-refractivity contribution >= 4 is 23.1 Å². The van der Waals surface area contributed by atoms with Gasteiger partial charge in [0.25, 0.3) is 0 Å². The van der Waals surface area contributed by atoms with E-state index >= 15 is 0 Å². The van der Waals surface area contributed by atoms with Crippen LogP contribution in [0.1, 0.15) is 12.8 Å². The molecule has 1 aromatic rings. The second-order valence-corrected chi connectivity index (χ2v) is 3.79. The molecule has 1 fully saturated rings. The van der Waals surface area contributed by atoms with Crippen LogP contribution in [0.2, 0.25) is 5.15 Å². The number of rotatable bonds is 3. The molecule has 0 amide bonds. The fraction of sp³-hybridized carbons (Fsp3) is 0.500. The predicted octanol–water partition coefficient (Wildman–Crippen LogP) is 1.64. The second kappa shape index (κ2) is 3.62. The largest absolute Gasteiger partial charge is 0.351 e. The summed E-state index contributed by atoms with van der Waals surface area (Å²) in [4.78, 5) is 19.6.